The van der Waals surface area contributed by atoms with Gasteiger partial charge in [0.1, 0.15) is 11.6 Å². The summed E-state index contributed by atoms with van der Waals surface area (Å²) in [4.78, 5) is 13.3. The summed E-state index contributed by atoms with van der Waals surface area (Å²) in [5.41, 5.74) is 2.58. The normalized spacial score (nSPS) is 10.6. The second-order valence-corrected chi connectivity index (χ2v) is 7.09. The third-order valence-electron chi connectivity index (χ3n) is 5.05. The van der Waals surface area contributed by atoms with Crippen LogP contribution in [0.4, 0.5) is 23.3 Å². The first-order valence-corrected chi connectivity index (χ1v) is 10.2. The van der Waals surface area contributed by atoms with Crippen LogP contribution in [0.5, 0.6) is 17.2 Å². The molecular weight excluding hydrogens is 422 g/mol. The zero-order valence-corrected chi connectivity index (χ0v) is 19.1. The molecule has 10 heteroatoms. The van der Waals surface area contributed by atoms with Crippen LogP contribution in [-0.4, -0.2) is 46.1 Å². The monoisotopic (exact) mass is 447 g/mol. The van der Waals surface area contributed by atoms with E-state index >= 15 is 0 Å². The third-order valence-corrected chi connectivity index (χ3v) is 5.05. The number of hydrogen-bond donors (Lipinski definition) is 2. The molecule has 10 nitrogen and oxygen atoms in total. The van der Waals surface area contributed by atoms with Crippen LogP contribution >= 0.6 is 0 Å². The molecule has 0 saturated carbocycles. The lowest BCUT2D eigenvalue weighted by molar-refractivity contribution is 0.324. The van der Waals surface area contributed by atoms with Crippen LogP contribution in [0.15, 0.2) is 48.8 Å². The number of pyridine rings is 1. The molecule has 0 aliphatic heterocycles. The zero-order chi connectivity index (χ0) is 23.4. The minimum Gasteiger partial charge on any atom is -0.493 e. The fraction of sp³-hybridized carbons (Fsp3) is 0.217. The van der Waals surface area contributed by atoms with E-state index in [0.717, 1.165) is 17.1 Å². The number of methoxy groups -OCH3 is 3. The average molecular weight is 447 g/mol. The number of benzene rings is 1. The van der Waals surface area contributed by atoms with E-state index in [2.05, 4.69) is 30.7 Å². The van der Waals surface area contributed by atoms with Crippen LogP contribution in [-0.2, 0) is 0 Å². The predicted molar refractivity (Wildman–Crippen MR) is 126 cm³/mol. The van der Waals surface area contributed by atoms with E-state index in [1.165, 1.54) is 0 Å². The van der Waals surface area contributed by atoms with Gasteiger partial charge in [-0.1, -0.05) is 6.07 Å². The molecule has 3 heterocycles. The molecule has 0 aliphatic rings. The van der Waals surface area contributed by atoms with Gasteiger partial charge in [0, 0.05) is 35.8 Å². The van der Waals surface area contributed by atoms with Crippen LogP contribution in [0.3, 0.4) is 0 Å². The van der Waals surface area contributed by atoms with Crippen LogP contribution in [0, 0.1) is 13.8 Å². The molecular formula is C23H25N7O3. The Kier molecular flexibility index (Phi) is 6.25. The van der Waals surface area contributed by atoms with Gasteiger partial charge in [0.2, 0.25) is 11.7 Å². The summed E-state index contributed by atoms with van der Waals surface area (Å²) in [6.45, 7) is 3.96. The molecule has 170 valence electrons. The van der Waals surface area contributed by atoms with Gasteiger partial charge in [-0.25, -0.2) is 9.97 Å². The Morgan fingerprint density at radius 3 is 2.24 bits per heavy atom. The smallest absolute Gasteiger partial charge is 0.229 e. The van der Waals surface area contributed by atoms with Crippen molar-refractivity contribution in [2.75, 3.05) is 32.0 Å². The van der Waals surface area contributed by atoms with Gasteiger partial charge in [-0.3, -0.25) is 0 Å². The Labute approximate surface area is 191 Å². The fourth-order valence-corrected chi connectivity index (χ4v) is 3.29. The highest BCUT2D eigenvalue weighted by molar-refractivity contribution is 5.67. The summed E-state index contributed by atoms with van der Waals surface area (Å²) in [5.74, 6) is 4.05. The van der Waals surface area contributed by atoms with E-state index in [0.29, 0.717) is 40.5 Å². The molecule has 0 unspecified atom stereocenters. The molecule has 4 aromatic rings. The number of rotatable bonds is 8. The topological polar surface area (TPSA) is 108 Å². The van der Waals surface area contributed by atoms with Crippen molar-refractivity contribution >= 4 is 23.3 Å². The maximum atomic E-state index is 5.42. The van der Waals surface area contributed by atoms with E-state index in [1.54, 1.807) is 56.6 Å². The van der Waals surface area contributed by atoms with Gasteiger partial charge in [0.05, 0.1) is 27.0 Å². The molecule has 1 aromatic carbocycles. The highest BCUT2D eigenvalue weighted by Crippen LogP contribution is 2.40. The van der Waals surface area contributed by atoms with E-state index in [1.807, 2.05) is 32.0 Å². The number of ether oxygens (including phenoxy) is 3. The number of aromatic nitrogens is 5. The average Bonchev–Trinajstić information content (AvgIpc) is 3.12. The number of hydrogen-bond acceptors (Lipinski definition) is 9. The summed E-state index contributed by atoms with van der Waals surface area (Å²) in [7, 11) is 4.69. The van der Waals surface area contributed by atoms with Crippen LogP contribution < -0.4 is 24.8 Å². The molecule has 0 spiro atoms. The minimum atomic E-state index is 0.396. The molecule has 0 amide bonds. The van der Waals surface area contributed by atoms with Crippen LogP contribution in [0.2, 0.25) is 0 Å². The van der Waals surface area contributed by atoms with Crippen LogP contribution in [0.25, 0.3) is 5.82 Å². The van der Waals surface area contributed by atoms with Crippen molar-refractivity contribution in [1.29, 1.82) is 0 Å². The lowest BCUT2D eigenvalue weighted by atomic mass is 10.2. The lowest BCUT2D eigenvalue weighted by Gasteiger charge is -2.15. The highest BCUT2D eigenvalue weighted by Gasteiger charge is 2.16. The Hall–Kier alpha value is -4.34. The molecule has 3 aromatic heterocycles. The van der Waals surface area contributed by atoms with E-state index < -0.39 is 0 Å². The first-order chi connectivity index (χ1) is 16.0. The van der Waals surface area contributed by atoms with Crippen molar-refractivity contribution < 1.29 is 14.2 Å². The maximum absolute atomic E-state index is 5.42. The zero-order valence-electron chi connectivity index (χ0n) is 19.1. The summed E-state index contributed by atoms with van der Waals surface area (Å²) in [5, 5.41) is 11.1. The van der Waals surface area contributed by atoms with E-state index in [4.69, 9.17) is 14.2 Å². The number of nitrogens with one attached hydrogen (secondary N) is 2. The Bertz CT molecular complexity index is 1230. The molecule has 0 bridgehead atoms. The van der Waals surface area contributed by atoms with Gasteiger partial charge in [-0.15, -0.1) is 0 Å². The molecule has 4 rings (SSSR count). The quantitative estimate of drug-likeness (QED) is 0.411. The Morgan fingerprint density at radius 1 is 0.848 bits per heavy atom. The Morgan fingerprint density at radius 2 is 1.61 bits per heavy atom. The predicted octanol–water partition coefficient (Wildman–Crippen LogP) is 4.19. The third kappa shape index (κ3) is 4.49. The summed E-state index contributed by atoms with van der Waals surface area (Å²) in [6, 6.07) is 11.0. The van der Waals surface area contributed by atoms with Crippen molar-refractivity contribution in [2.45, 2.75) is 13.8 Å². The van der Waals surface area contributed by atoms with Gasteiger partial charge >= 0.3 is 0 Å². The van der Waals surface area contributed by atoms with Crippen molar-refractivity contribution in [3.05, 3.63) is 60.0 Å². The largest absolute Gasteiger partial charge is 0.493 e. The molecule has 0 radical (unpaired) electrons. The molecule has 33 heavy (non-hydrogen) atoms. The van der Waals surface area contributed by atoms with Gasteiger partial charge in [0.15, 0.2) is 17.3 Å². The number of anilines is 4. The van der Waals surface area contributed by atoms with Crippen LogP contribution in [0.1, 0.15) is 11.3 Å². The van der Waals surface area contributed by atoms with Crippen molar-refractivity contribution in [3.63, 3.8) is 0 Å². The number of aryl methyl sites for hydroxylation is 1. The standard InChI is InChI=1S/C23H25N7O3/c1-14-15(2)29-30(20-8-6-7-10-24-20)22(14)27-19-9-11-25-23(28-19)26-16-12-17(31-3)21(33-5)18(13-16)32-4/h6-13H,1-5H3,(H2,25,26,27,28). The highest BCUT2D eigenvalue weighted by atomic mass is 16.5. The van der Waals surface area contributed by atoms with E-state index in [9.17, 15) is 0 Å². The van der Waals surface area contributed by atoms with Gasteiger partial charge in [-0.2, -0.15) is 14.8 Å². The van der Waals surface area contributed by atoms with Gasteiger partial charge < -0.3 is 24.8 Å². The first-order valence-electron chi connectivity index (χ1n) is 10.2. The first kappa shape index (κ1) is 21.9. The summed E-state index contributed by atoms with van der Waals surface area (Å²) in [6.07, 6.45) is 3.40. The summed E-state index contributed by atoms with van der Waals surface area (Å²) < 4.78 is 18.0. The molecule has 2 N–H and O–H groups in total. The summed E-state index contributed by atoms with van der Waals surface area (Å²) >= 11 is 0. The second-order valence-electron chi connectivity index (χ2n) is 7.09. The lowest BCUT2D eigenvalue weighted by Crippen LogP contribution is -2.07. The Balaban J connectivity index is 1.63. The van der Waals surface area contributed by atoms with Crippen molar-refractivity contribution in [2.24, 2.45) is 0 Å². The van der Waals surface area contributed by atoms with Crippen molar-refractivity contribution in [1.82, 2.24) is 24.7 Å². The number of nitrogens with zero attached hydrogens (tertiary/aromatic N) is 5. The maximum Gasteiger partial charge on any atom is 0.229 e. The van der Waals surface area contributed by atoms with Gasteiger partial charge in [0.25, 0.3) is 0 Å². The minimum absolute atomic E-state index is 0.396. The van der Waals surface area contributed by atoms with Gasteiger partial charge in [-0.05, 0) is 32.0 Å². The van der Waals surface area contributed by atoms with Crippen molar-refractivity contribution in [3.8, 4) is 23.1 Å². The molecule has 0 fully saturated rings. The second kappa shape index (κ2) is 9.43. The molecule has 0 saturated heterocycles. The SMILES string of the molecule is COc1cc(Nc2nccc(Nc3c(C)c(C)nn3-c3ccccn3)n2)cc(OC)c1OC. The van der Waals surface area contributed by atoms with E-state index in [-0.39, 0.29) is 0 Å². The molecule has 0 atom stereocenters. The molecule has 0 aliphatic carbocycles. The fourth-order valence-electron chi connectivity index (χ4n) is 3.29.